The molecule has 0 radical (unpaired) electrons. The van der Waals surface area contributed by atoms with Gasteiger partial charge in [0.1, 0.15) is 5.82 Å². The number of rotatable bonds is 1. The Kier molecular flexibility index (Phi) is 2.88. The topological polar surface area (TPSA) is 22.2 Å². The molecule has 0 unspecified atom stereocenters. The second-order valence-corrected chi connectivity index (χ2v) is 8.38. The molecule has 0 aliphatic carbocycles. The molecule has 0 amide bonds. The number of hydrogen-bond donors (Lipinski definition) is 0. The molecule has 29 heavy (non-hydrogen) atoms. The summed E-state index contributed by atoms with van der Waals surface area (Å²) in [6.07, 6.45) is 4.02. The number of hydrogen-bond acceptors (Lipinski definition) is 2. The molecule has 7 rings (SSSR count). The lowest BCUT2D eigenvalue weighted by molar-refractivity contribution is 1.04. The predicted molar refractivity (Wildman–Crippen MR) is 122 cm³/mol. The van der Waals surface area contributed by atoms with Gasteiger partial charge in [-0.05, 0) is 48.5 Å². The van der Waals surface area contributed by atoms with Crippen molar-refractivity contribution in [3.05, 3.63) is 91.3 Å². The van der Waals surface area contributed by atoms with Crippen LogP contribution in [0.4, 0.5) is 0 Å². The fraction of sp³-hybridized carbons (Fsp3) is 0. The molecular weight excluding hydrogens is 374 g/mol. The van der Waals surface area contributed by atoms with Crippen molar-refractivity contribution in [1.82, 2.24) is 14.0 Å². The predicted octanol–water partition coefficient (Wildman–Crippen LogP) is 6.80. The van der Waals surface area contributed by atoms with Crippen LogP contribution in [0.3, 0.4) is 0 Å². The molecule has 0 atom stereocenters. The SMILES string of the molecule is c1ccc2c(c1)sc1c2ccc2c1c1ncccc1n2-c1ccc2ccccn12. The number of fused-ring (bicyclic) bond motifs is 8. The lowest BCUT2D eigenvalue weighted by Crippen LogP contribution is -1.98. The molecule has 0 saturated carbocycles. The van der Waals surface area contributed by atoms with Crippen molar-refractivity contribution in [1.29, 1.82) is 0 Å². The van der Waals surface area contributed by atoms with Gasteiger partial charge in [-0.3, -0.25) is 9.55 Å². The molecule has 0 N–H and O–H groups in total. The minimum atomic E-state index is 1.06. The highest BCUT2D eigenvalue weighted by Gasteiger charge is 2.19. The molecule has 0 aliphatic rings. The van der Waals surface area contributed by atoms with Crippen LogP contribution in [0.1, 0.15) is 0 Å². The van der Waals surface area contributed by atoms with E-state index in [0.717, 1.165) is 16.9 Å². The summed E-state index contributed by atoms with van der Waals surface area (Å²) in [5.41, 5.74) is 4.58. The maximum absolute atomic E-state index is 4.82. The van der Waals surface area contributed by atoms with Gasteiger partial charge in [-0.15, -0.1) is 11.3 Å². The third kappa shape index (κ3) is 1.94. The molecule has 2 aromatic carbocycles. The number of benzene rings is 2. The Hall–Kier alpha value is -3.63. The van der Waals surface area contributed by atoms with Gasteiger partial charge < -0.3 is 4.40 Å². The van der Waals surface area contributed by atoms with Crippen molar-refractivity contribution in [3.8, 4) is 5.82 Å². The molecule has 3 nitrogen and oxygen atoms in total. The van der Waals surface area contributed by atoms with Gasteiger partial charge in [0.25, 0.3) is 0 Å². The zero-order valence-corrected chi connectivity index (χ0v) is 16.2. The zero-order valence-electron chi connectivity index (χ0n) is 15.4. The Morgan fingerprint density at radius 2 is 1.66 bits per heavy atom. The lowest BCUT2D eigenvalue weighted by Gasteiger charge is -2.08. The van der Waals surface area contributed by atoms with E-state index < -0.39 is 0 Å². The Balaban J connectivity index is 1.73. The van der Waals surface area contributed by atoms with Crippen LogP contribution in [0.15, 0.2) is 91.3 Å². The van der Waals surface area contributed by atoms with Gasteiger partial charge in [0.05, 0.1) is 16.6 Å². The molecule has 5 aromatic heterocycles. The Morgan fingerprint density at radius 1 is 0.724 bits per heavy atom. The summed E-state index contributed by atoms with van der Waals surface area (Å²) < 4.78 is 7.21. The van der Waals surface area contributed by atoms with E-state index in [0.29, 0.717) is 0 Å². The summed E-state index contributed by atoms with van der Waals surface area (Å²) in [5.74, 6) is 1.13. The summed E-state index contributed by atoms with van der Waals surface area (Å²) >= 11 is 1.86. The van der Waals surface area contributed by atoms with Gasteiger partial charge in [-0.2, -0.15) is 0 Å². The summed E-state index contributed by atoms with van der Waals surface area (Å²) in [4.78, 5) is 4.82. The van der Waals surface area contributed by atoms with Crippen molar-refractivity contribution in [2.45, 2.75) is 0 Å². The summed E-state index contributed by atoms with van der Waals surface area (Å²) in [7, 11) is 0. The van der Waals surface area contributed by atoms with Crippen LogP contribution in [0, 0.1) is 0 Å². The molecule has 0 bridgehead atoms. The van der Waals surface area contributed by atoms with Gasteiger partial charge in [0.2, 0.25) is 0 Å². The average Bonchev–Trinajstić information content (AvgIpc) is 3.44. The van der Waals surface area contributed by atoms with Gasteiger partial charge in [0.15, 0.2) is 0 Å². The number of thiophene rings is 1. The van der Waals surface area contributed by atoms with E-state index in [1.54, 1.807) is 0 Å². The molecule has 136 valence electrons. The number of aromatic nitrogens is 3. The Morgan fingerprint density at radius 3 is 2.66 bits per heavy atom. The zero-order chi connectivity index (χ0) is 18.9. The van der Waals surface area contributed by atoms with Crippen LogP contribution in [0.25, 0.3) is 53.4 Å². The molecule has 0 fully saturated rings. The minimum absolute atomic E-state index is 1.06. The molecule has 4 heteroatoms. The third-order valence-corrected chi connectivity index (χ3v) is 7.00. The Labute approximate surface area is 170 Å². The second-order valence-electron chi connectivity index (χ2n) is 7.33. The van der Waals surface area contributed by atoms with Crippen LogP contribution in [-0.4, -0.2) is 14.0 Å². The molecule has 0 spiro atoms. The summed E-state index contributed by atoms with van der Waals surface area (Å²) in [5, 5.41) is 3.87. The fourth-order valence-corrected chi connectivity index (χ4v) is 5.81. The van der Waals surface area contributed by atoms with Crippen molar-refractivity contribution in [3.63, 3.8) is 0 Å². The fourth-order valence-electron chi connectivity index (χ4n) is 4.56. The number of nitrogens with zero attached hydrogens (tertiary/aromatic N) is 3. The monoisotopic (exact) mass is 389 g/mol. The molecule has 0 aliphatic heterocycles. The van der Waals surface area contributed by atoms with Crippen LogP contribution in [-0.2, 0) is 0 Å². The highest BCUT2D eigenvalue weighted by molar-refractivity contribution is 7.26. The van der Waals surface area contributed by atoms with Gasteiger partial charge in [0, 0.05) is 43.5 Å². The normalized spacial score (nSPS) is 12.1. The van der Waals surface area contributed by atoms with E-state index in [1.807, 2.05) is 23.6 Å². The minimum Gasteiger partial charge on any atom is -0.303 e. The van der Waals surface area contributed by atoms with E-state index in [-0.39, 0.29) is 0 Å². The molecule has 7 aromatic rings. The van der Waals surface area contributed by atoms with Crippen molar-refractivity contribution in [2.75, 3.05) is 0 Å². The van der Waals surface area contributed by atoms with E-state index in [9.17, 15) is 0 Å². The van der Waals surface area contributed by atoms with Crippen molar-refractivity contribution in [2.24, 2.45) is 0 Å². The molecule has 5 heterocycles. The van der Waals surface area contributed by atoms with E-state index >= 15 is 0 Å². The van der Waals surface area contributed by atoms with Gasteiger partial charge in [-0.1, -0.05) is 30.3 Å². The van der Waals surface area contributed by atoms with Crippen molar-refractivity contribution >= 4 is 59.0 Å². The van der Waals surface area contributed by atoms with Crippen molar-refractivity contribution < 1.29 is 0 Å². The highest BCUT2D eigenvalue weighted by Crippen LogP contribution is 2.42. The van der Waals surface area contributed by atoms with Gasteiger partial charge >= 0.3 is 0 Å². The van der Waals surface area contributed by atoms with Crippen LogP contribution >= 0.6 is 11.3 Å². The average molecular weight is 389 g/mol. The second kappa shape index (κ2) is 5.46. The van der Waals surface area contributed by atoms with Crippen LogP contribution in [0.5, 0.6) is 0 Å². The summed E-state index contributed by atoms with van der Waals surface area (Å²) in [6, 6.07) is 28.0. The lowest BCUT2D eigenvalue weighted by atomic mass is 10.1. The maximum Gasteiger partial charge on any atom is 0.122 e. The van der Waals surface area contributed by atoms with E-state index in [1.165, 1.54) is 36.6 Å². The third-order valence-electron chi connectivity index (χ3n) is 5.80. The molecule has 0 saturated heterocycles. The first-order valence-corrected chi connectivity index (χ1v) is 10.5. The first-order valence-electron chi connectivity index (χ1n) is 9.66. The van der Waals surface area contributed by atoms with Crippen LogP contribution in [0.2, 0.25) is 0 Å². The van der Waals surface area contributed by atoms with Crippen LogP contribution < -0.4 is 0 Å². The number of pyridine rings is 2. The van der Waals surface area contributed by atoms with E-state index in [4.69, 9.17) is 4.98 Å². The first kappa shape index (κ1) is 15.3. The summed E-state index contributed by atoms with van der Waals surface area (Å²) in [6.45, 7) is 0. The highest BCUT2D eigenvalue weighted by atomic mass is 32.1. The standard InChI is InChI=1S/C25H15N3S/c1-2-9-21-17(7-1)18-11-12-19-23(25(18)29-21)24-20(8-5-14-26-24)28(19)22-13-10-16-6-3-4-15-27(16)22/h1-15H. The first-order chi connectivity index (χ1) is 14.4. The quantitative estimate of drug-likeness (QED) is 0.303. The van der Waals surface area contributed by atoms with Gasteiger partial charge in [-0.25, -0.2) is 0 Å². The largest absolute Gasteiger partial charge is 0.303 e. The maximum atomic E-state index is 4.82. The smallest absolute Gasteiger partial charge is 0.122 e. The Bertz CT molecular complexity index is 1710. The van der Waals surface area contributed by atoms with E-state index in [2.05, 4.69) is 88.0 Å². The molecular formula is C25H15N3S.